The summed E-state index contributed by atoms with van der Waals surface area (Å²) in [6, 6.07) is 3.23. The fourth-order valence-corrected chi connectivity index (χ4v) is 1.70. The topological polar surface area (TPSA) is 92.9 Å². The Balaban J connectivity index is 1.83. The Kier molecular flexibility index (Phi) is 4.07. The van der Waals surface area contributed by atoms with Crippen molar-refractivity contribution in [1.82, 2.24) is 20.0 Å². The van der Waals surface area contributed by atoms with Crippen LogP contribution in [0.15, 0.2) is 24.5 Å². The lowest BCUT2D eigenvalue weighted by Crippen LogP contribution is -2.09. The van der Waals surface area contributed by atoms with Gasteiger partial charge < -0.3 is 10.4 Å². The van der Waals surface area contributed by atoms with E-state index in [1.165, 1.54) is 0 Å². The average Bonchev–Trinajstić information content (AvgIpc) is 2.87. The number of pyridine rings is 1. The highest BCUT2D eigenvalue weighted by Crippen LogP contribution is 2.10. The van der Waals surface area contributed by atoms with Gasteiger partial charge >= 0.3 is 5.97 Å². The molecule has 0 spiro atoms. The molecule has 0 amide bonds. The van der Waals surface area contributed by atoms with Crippen molar-refractivity contribution in [3.63, 3.8) is 0 Å². The zero-order valence-electron chi connectivity index (χ0n) is 10.6. The van der Waals surface area contributed by atoms with Gasteiger partial charge in [-0.3, -0.25) is 4.68 Å². The summed E-state index contributed by atoms with van der Waals surface area (Å²) in [5.74, 6) is -0.274. The lowest BCUT2D eigenvalue weighted by molar-refractivity contribution is 0.0695. The van der Waals surface area contributed by atoms with Gasteiger partial charge in [-0.05, 0) is 25.5 Å². The van der Waals surface area contributed by atoms with Gasteiger partial charge in [0.2, 0.25) is 0 Å². The molecule has 2 N–H and O–H groups in total. The van der Waals surface area contributed by atoms with E-state index in [2.05, 4.69) is 20.6 Å². The third-order valence-corrected chi connectivity index (χ3v) is 2.66. The number of carboxylic acids is 1. The fourth-order valence-electron chi connectivity index (χ4n) is 1.70. The van der Waals surface area contributed by atoms with Crippen molar-refractivity contribution in [3.05, 3.63) is 35.8 Å². The first-order chi connectivity index (χ1) is 9.16. The number of nitrogens with zero attached hydrogens (tertiary/aromatic N) is 4. The van der Waals surface area contributed by atoms with Crippen LogP contribution in [0.4, 0.5) is 5.82 Å². The highest BCUT2D eigenvalue weighted by molar-refractivity contribution is 5.89. The van der Waals surface area contributed by atoms with Crippen LogP contribution in [-0.4, -0.2) is 37.6 Å². The molecule has 0 unspecified atom stereocenters. The molecule has 0 bridgehead atoms. The smallest absolute Gasteiger partial charge is 0.337 e. The highest BCUT2D eigenvalue weighted by atomic mass is 16.4. The van der Waals surface area contributed by atoms with Gasteiger partial charge in [0.1, 0.15) is 5.82 Å². The van der Waals surface area contributed by atoms with Crippen molar-refractivity contribution in [3.8, 4) is 0 Å². The van der Waals surface area contributed by atoms with Crippen LogP contribution in [0.25, 0.3) is 0 Å². The van der Waals surface area contributed by atoms with Crippen molar-refractivity contribution in [2.24, 2.45) is 0 Å². The number of aromatic carboxylic acids is 1. The number of nitrogens with one attached hydrogen (secondary N) is 1. The minimum Gasteiger partial charge on any atom is -0.478 e. The van der Waals surface area contributed by atoms with Gasteiger partial charge in [-0.1, -0.05) is 5.21 Å². The van der Waals surface area contributed by atoms with Crippen LogP contribution in [0, 0.1) is 6.92 Å². The summed E-state index contributed by atoms with van der Waals surface area (Å²) in [4.78, 5) is 15.1. The van der Waals surface area contributed by atoms with Crippen molar-refractivity contribution in [2.75, 3.05) is 11.9 Å². The molecule has 0 aliphatic heterocycles. The van der Waals surface area contributed by atoms with Crippen LogP contribution in [-0.2, 0) is 6.54 Å². The van der Waals surface area contributed by atoms with Gasteiger partial charge in [0, 0.05) is 19.3 Å². The maximum absolute atomic E-state index is 10.8. The van der Waals surface area contributed by atoms with Crippen LogP contribution in [0.5, 0.6) is 0 Å². The van der Waals surface area contributed by atoms with Crippen LogP contribution in [0.2, 0.25) is 0 Å². The molecule has 0 radical (unpaired) electrons. The van der Waals surface area contributed by atoms with Crippen molar-refractivity contribution in [2.45, 2.75) is 19.9 Å². The molecule has 19 heavy (non-hydrogen) atoms. The lowest BCUT2D eigenvalue weighted by atomic mass is 10.2. The van der Waals surface area contributed by atoms with Gasteiger partial charge in [-0.25, -0.2) is 9.78 Å². The maximum Gasteiger partial charge on any atom is 0.337 e. The van der Waals surface area contributed by atoms with E-state index in [4.69, 9.17) is 5.11 Å². The van der Waals surface area contributed by atoms with Gasteiger partial charge in [-0.2, -0.15) is 0 Å². The van der Waals surface area contributed by atoms with Crippen LogP contribution in [0.1, 0.15) is 22.5 Å². The number of carboxylic acid groups (broad SMARTS) is 1. The monoisotopic (exact) mass is 261 g/mol. The summed E-state index contributed by atoms with van der Waals surface area (Å²) in [6.07, 6.45) is 4.33. The lowest BCUT2D eigenvalue weighted by Gasteiger charge is -2.07. The second kappa shape index (κ2) is 5.94. The Hall–Kier alpha value is -2.44. The standard InChI is InChI=1S/C12H15N5O2/c1-9-10(12(18)19)3-4-11(15-9)13-5-2-7-17-8-6-14-16-17/h3-4,6,8H,2,5,7H2,1H3,(H,13,15)(H,18,19). The molecule has 2 heterocycles. The Morgan fingerprint density at radius 2 is 2.32 bits per heavy atom. The maximum atomic E-state index is 10.8. The molecular formula is C12H15N5O2. The van der Waals surface area contributed by atoms with E-state index in [1.54, 1.807) is 29.9 Å². The highest BCUT2D eigenvalue weighted by Gasteiger charge is 2.08. The molecule has 2 aromatic heterocycles. The largest absolute Gasteiger partial charge is 0.478 e. The van der Waals surface area contributed by atoms with E-state index in [0.29, 0.717) is 11.5 Å². The predicted molar refractivity (Wildman–Crippen MR) is 69.1 cm³/mol. The third-order valence-electron chi connectivity index (χ3n) is 2.66. The molecule has 0 aliphatic rings. The molecular weight excluding hydrogens is 246 g/mol. The summed E-state index contributed by atoms with van der Waals surface area (Å²) >= 11 is 0. The SMILES string of the molecule is Cc1nc(NCCCn2ccnn2)ccc1C(=O)O. The van der Waals surface area contributed by atoms with Crippen molar-refractivity contribution >= 4 is 11.8 Å². The summed E-state index contributed by atoms with van der Waals surface area (Å²) in [7, 11) is 0. The first-order valence-electron chi connectivity index (χ1n) is 5.96. The number of hydrogen-bond donors (Lipinski definition) is 2. The van der Waals surface area contributed by atoms with Crippen LogP contribution < -0.4 is 5.32 Å². The second-order valence-corrected chi connectivity index (χ2v) is 4.08. The Morgan fingerprint density at radius 1 is 1.47 bits per heavy atom. The normalized spacial score (nSPS) is 10.4. The first-order valence-corrected chi connectivity index (χ1v) is 5.96. The van der Waals surface area contributed by atoms with Gasteiger partial charge in [0.15, 0.2) is 0 Å². The molecule has 2 aromatic rings. The molecule has 0 aliphatic carbocycles. The Labute approximate surface area is 110 Å². The van der Waals surface area contributed by atoms with E-state index < -0.39 is 5.97 Å². The van der Waals surface area contributed by atoms with E-state index >= 15 is 0 Å². The van der Waals surface area contributed by atoms with Gasteiger partial charge in [0.05, 0.1) is 17.5 Å². The number of carbonyl (C=O) groups is 1. The van der Waals surface area contributed by atoms with E-state index in [0.717, 1.165) is 19.5 Å². The number of aryl methyl sites for hydroxylation is 2. The summed E-state index contributed by atoms with van der Waals surface area (Å²) < 4.78 is 1.76. The van der Waals surface area contributed by atoms with Crippen molar-refractivity contribution in [1.29, 1.82) is 0 Å². The Morgan fingerprint density at radius 3 is 2.95 bits per heavy atom. The van der Waals surface area contributed by atoms with E-state index in [1.807, 2.05) is 6.20 Å². The molecule has 0 atom stereocenters. The van der Waals surface area contributed by atoms with Gasteiger partial charge in [-0.15, -0.1) is 5.10 Å². The third kappa shape index (κ3) is 3.51. The zero-order valence-corrected chi connectivity index (χ0v) is 10.6. The minimum atomic E-state index is -0.956. The molecule has 2 rings (SSSR count). The number of rotatable bonds is 6. The first kappa shape index (κ1) is 13.0. The molecule has 0 saturated carbocycles. The second-order valence-electron chi connectivity index (χ2n) is 4.08. The number of aromatic nitrogens is 4. The van der Waals surface area contributed by atoms with E-state index in [-0.39, 0.29) is 5.56 Å². The molecule has 0 fully saturated rings. The molecule has 7 heteroatoms. The summed E-state index contributed by atoms with van der Waals surface area (Å²) in [6.45, 7) is 3.20. The zero-order chi connectivity index (χ0) is 13.7. The molecule has 0 aromatic carbocycles. The minimum absolute atomic E-state index is 0.230. The van der Waals surface area contributed by atoms with Crippen LogP contribution >= 0.6 is 0 Å². The van der Waals surface area contributed by atoms with Crippen LogP contribution in [0.3, 0.4) is 0 Å². The summed E-state index contributed by atoms with van der Waals surface area (Å²) in [5, 5.41) is 19.6. The van der Waals surface area contributed by atoms with Crippen molar-refractivity contribution < 1.29 is 9.90 Å². The summed E-state index contributed by atoms with van der Waals surface area (Å²) in [5.41, 5.74) is 0.738. The molecule has 100 valence electrons. The molecule has 7 nitrogen and oxygen atoms in total. The fraction of sp³-hybridized carbons (Fsp3) is 0.333. The quantitative estimate of drug-likeness (QED) is 0.758. The average molecular weight is 261 g/mol. The predicted octanol–water partition coefficient (Wildman–Crippen LogP) is 1.18. The number of hydrogen-bond acceptors (Lipinski definition) is 5. The molecule has 0 saturated heterocycles. The Bertz CT molecular complexity index is 553. The van der Waals surface area contributed by atoms with E-state index in [9.17, 15) is 4.79 Å². The number of anilines is 1. The van der Waals surface area contributed by atoms with Gasteiger partial charge in [0.25, 0.3) is 0 Å².